The minimum absolute atomic E-state index is 0.158. The van der Waals surface area contributed by atoms with Crippen LogP contribution < -0.4 is 0 Å². The van der Waals surface area contributed by atoms with Gasteiger partial charge in [0, 0.05) is 10.0 Å². The van der Waals surface area contributed by atoms with E-state index in [2.05, 4.69) is 15.9 Å². The Bertz CT molecular complexity index is 525. The molecule has 1 N–H and O–H groups in total. The molecule has 0 fully saturated rings. The Labute approximate surface area is 106 Å². The van der Waals surface area contributed by atoms with Crippen molar-refractivity contribution in [2.24, 2.45) is 0 Å². The third-order valence-corrected chi connectivity index (χ3v) is 2.93. The summed E-state index contributed by atoms with van der Waals surface area (Å²) < 4.78 is 26.9. The minimum atomic E-state index is -1.10. The molecule has 1 nitrogen and oxygen atoms in total. The first-order chi connectivity index (χ1) is 8.08. The van der Waals surface area contributed by atoms with E-state index in [1.54, 1.807) is 6.07 Å². The second kappa shape index (κ2) is 4.94. The zero-order valence-electron chi connectivity index (χ0n) is 8.70. The molecule has 2 aromatic carbocycles. The third-order valence-electron chi connectivity index (χ3n) is 2.44. The third kappa shape index (κ3) is 2.70. The van der Waals surface area contributed by atoms with Gasteiger partial charge in [0.2, 0.25) is 0 Å². The molecule has 2 aromatic rings. The number of halogens is 3. The summed E-state index contributed by atoms with van der Waals surface area (Å²) in [5.74, 6) is -0.888. The summed E-state index contributed by atoms with van der Waals surface area (Å²) in [5.41, 5.74) is 0.606. The quantitative estimate of drug-likeness (QED) is 0.894. The number of aliphatic hydroxyl groups excluding tert-OH is 1. The van der Waals surface area contributed by atoms with E-state index in [0.29, 0.717) is 10.0 Å². The lowest BCUT2D eigenvalue weighted by Crippen LogP contribution is -2.02. The molecule has 17 heavy (non-hydrogen) atoms. The number of aliphatic hydroxyl groups is 1. The molecule has 4 heteroatoms. The molecule has 1 unspecified atom stereocenters. The van der Waals surface area contributed by atoms with Crippen molar-refractivity contribution < 1.29 is 13.9 Å². The molecular weight excluding hydrogens is 290 g/mol. The van der Waals surface area contributed by atoms with Gasteiger partial charge in [-0.2, -0.15) is 0 Å². The normalized spacial score (nSPS) is 12.5. The van der Waals surface area contributed by atoms with Crippen LogP contribution in [0, 0.1) is 11.6 Å². The summed E-state index contributed by atoms with van der Waals surface area (Å²) in [7, 11) is 0. The molecule has 0 amide bonds. The average molecular weight is 299 g/mol. The fourth-order valence-corrected chi connectivity index (χ4v) is 1.93. The van der Waals surface area contributed by atoms with E-state index in [4.69, 9.17) is 0 Å². The van der Waals surface area contributed by atoms with Crippen molar-refractivity contribution in [2.45, 2.75) is 6.10 Å². The van der Waals surface area contributed by atoms with E-state index in [-0.39, 0.29) is 5.56 Å². The maximum atomic E-state index is 13.5. The molecule has 0 heterocycles. The minimum Gasteiger partial charge on any atom is -0.384 e. The van der Waals surface area contributed by atoms with Crippen LogP contribution in [-0.2, 0) is 0 Å². The molecule has 0 aliphatic carbocycles. The fraction of sp³-hybridized carbons (Fsp3) is 0.0769. The van der Waals surface area contributed by atoms with Gasteiger partial charge in [-0.15, -0.1) is 0 Å². The zero-order chi connectivity index (χ0) is 12.4. The first-order valence-electron chi connectivity index (χ1n) is 4.96. The van der Waals surface area contributed by atoms with Gasteiger partial charge in [-0.25, -0.2) is 8.78 Å². The van der Waals surface area contributed by atoms with E-state index < -0.39 is 17.7 Å². The van der Waals surface area contributed by atoms with Crippen LogP contribution in [0.1, 0.15) is 17.2 Å². The van der Waals surface area contributed by atoms with Crippen LogP contribution in [0.4, 0.5) is 8.78 Å². The smallest absolute Gasteiger partial charge is 0.129 e. The van der Waals surface area contributed by atoms with Crippen molar-refractivity contribution in [3.05, 3.63) is 69.7 Å². The van der Waals surface area contributed by atoms with Crippen molar-refractivity contribution in [2.75, 3.05) is 0 Å². The van der Waals surface area contributed by atoms with Gasteiger partial charge in [-0.3, -0.25) is 0 Å². The van der Waals surface area contributed by atoms with Crippen LogP contribution in [-0.4, -0.2) is 5.11 Å². The maximum Gasteiger partial charge on any atom is 0.129 e. The SMILES string of the molecule is OC(c1ccc(F)cc1)c1cc(Br)ccc1F. The second-order valence-corrected chi connectivity index (χ2v) is 4.54. The summed E-state index contributed by atoms with van der Waals surface area (Å²) in [6.45, 7) is 0. The van der Waals surface area contributed by atoms with Gasteiger partial charge in [-0.1, -0.05) is 28.1 Å². The van der Waals surface area contributed by atoms with Crippen LogP contribution in [0.5, 0.6) is 0 Å². The average Bonchev–Trinajstić information content (AvgIpc) is 2.32. The molecule has 0 radical (unpaired) electrons. The van der Waals surface area contributed by atoms with Gasteiger partial charge in [0.05, 0.1) is 0 Å². The van der Waals surface area contributed by atoms with Gasteiger partial charge < -0.3 is 5.11 Å². The summed E-state index contributed by atoms with van der Waals surface area (Å²) >= 11 is 3.21. The maximum absolute atomic E-state index is 13.5. The monoisotopic (exact) mass is 298 g/mol. The van der Waals surface area contributed by atoms with Gasteiger partial charge in [-0.05, 0) is 35.9 Å². The van der Waals surface area contributed by atoms with E-state index in [0.717, 1.165) is 0 Å². The zero-order valence-corrected chi connectivity index (χ0v) is 10.3. The van der Waals surface area contributed by atoms with E-state index in [1.807, 2.05) is 0 Å². The Kier molecular flexibility index (Phi) is 3.54. The van der Waals surface area contributed by atoms with Crippen LogP contribution in [0.15, 0.2) is 46.9 Å². The molecule has 0 aliphatic rings. The van der Waals surface area contributed by atoms with Crippen molar-refractivity contribution in [3.63, 3.8) is 0 Å². The van der Waals surface area contributed by atoms with Crippen LogP contribution >= 0.6 is 15.9 Å². The number of hydrogen-bond acceptors (Lipinski definition) is 1. The Balaban J connectivity index is 2.39. The molecule has 0 bridgehead atoms. The summed E-state index contributed by atoms with van der Waals surface area (Å²) in [6, 6.07) is 9.65. The largest absolute Gasteiger partial charge is 0.384 e. The summed E-state index contributed by atoms with van der Waals surface area (Å²) in [4.78, 5) is 0. The molecule has 0 aromatic heterocycles. The van der Waals surface area contributed by atoms with E-state index >= 15 is 0 Å². The number of hydrogen-bond donors (Lipinski definition) is 1. The molecular formula is C13H9BrF2O. The Hall–Kier alpha value is -1.26. The second-order valence-electron chi connectivity index (χ2n) is 3.62. The highest BCUT2D eigenvalue weighted by Gasteiger charge is 2.15. The highest BCUT2D eigenvalue weighted by Crippen LogP contribution is 2.26. The topological polar surface area (TPSA) is 20.2 Å². The molecule has 0 saturated heterocycles. The lowest BCUT2D eigenvalue weighted by Gasteiger charge is -2.12. The fourth-order valence-electron chi connectivity index (χ4n) is 1.55. The molecule has 0 aliphatic heterocycles. The Morgan fingerprint density at radius 2 is 1.65 bits per heavy atom. The van der Waals surface area contributed by atoms with Gasteiger partial charge >= 0.3 is 0 Å². The lowest BCUT2D eigenvalue weighted by molar-refractivity contribution is 0.215. The van der Waals surface area contributed by atoms with E-state index in [9.17, 15) is 13.9 Å². The first-order valence-corrected chi connectivity index (χ1v) is 5.75. The van der Waals surface area contributed by atoms with Gasteiger partial charge in [0.15, 0.2) is 0 Å². The van der Waals surface area contributed by atoms with Gasteiger partial charge in [0.25, 0.3) is 0 Å². The molecule has 1 atom stereocenters. The lowest BCUT2D eigenvalue weighted by atomic mass is 10.0. The number of rotatable bonds is 2. The van der Waals surface area contributed by atoms with Crippen molar-refractivity contribution in [1.29, 1.82) is 0 Å². The van der Waals surface area contributed by atoms with Crippen molar-refractivity contribution >= 4 is 15.9 Å². The predicted octanol–water partition coefficient (Wildman–Crippen LogP) is 3.81. The molecule has 88 valence electrons. The van der Waals surface area contributed by atoms with Crippen molar-refractivity contribution in [1.82, 2.24) is 0 Å². The van der Waals surface area contributed by atoms with Crippen LogP contribution in [0.3, 0.4) is 0 Å². The standard InChI is InChI=1S/C13H9BrF2O/c14-9-3-6-12(16)11(7-9)13(17)8-1-4-10(15)5-2-8/h1-7,13,17H. The van der Waals surface area contributed by atoms with Crippen LogP contribution in [0.25, 0.3) is 0 Å². The van der Waals surface area contributed by atoms with Crippen LogP contribution in [0.2, 0.25) is 0 Å². The Morgan fingerprint density at radius 3 is 2.29 bits per heavy atom. The van der Waals surface area contributed by atoms with E-state index in [1.165, 1.54) is 36.4 Å². The van der Waals surface area contributed by atoms with Gasteiger partial charge in [0.1, 0.15) is 17.7 Å². The highest BCUT2D eigenvalue weighted by atomic mass is 79.9. The first kappa shape index (κ1) is 12.2. The Morgan fingerprint density at radius 1 is 1.00 bits per heavy atom. The molecule has 0 spiro atoms. The van der Waals surface area contributed by atoms with Crippen molar-refractivity contribution in [3.8, 4) is 0 Å². The predicted molar refractivity (Wildman–Crippen MR) is 64.6 cm³/mol. The highest BCUT2D eigenvalue weighted by molar-refractivity contribution is 9.10. The molecule has 0 saturated carbocycles. The summed E-state index contributed by atoms with van der Waals surface area (Å²) in [5, 5.41) is 10.0. The number of benzene rings is 2. The summed E-state index contributed by atoms with van der Waals surface area (Å²) in [6.07, 6.45) is -1.10. The molecule has 2 rings (SSSR count).